The van der Waals surface area contributed by atoms with Crippen LogP contribution in [-0.2, 0) is 6.54 Å². The van der Waals surface area contributed by atoms with Gasteiger partial charge in [0.25, 0.3) is 11.5 Å². The van der Waals surface area contributed by atoms with Gasteiger partial charge in [-0.1, -0.05) is 6.08 Å². The first kappa shape index (κ1) is 21.5. The molecule has 0 atom stereocenters. The lowest BCUT2D eigenvalue weighted by Crippen LogP contribution is -2.37. The zero-order valence-electron chi connectivity index (χ0n) is 19.2. The number of nitrogens with zero attached hydrogens (tertiary/aromatic N) is 3. The molecular weight excluding hydrogens is 449 g/mol. The molecule has 0 spiro atoms. The summed E-state index contributed by atoms with van der Waals surface area (Å²) in [7, 11) is 0. The van der Waals surface area contributed by atoms with Gasteiger partial charge >= 0.3 is 5.69 Å². The second-order valence-corrected chi connectivity index (χ2v) is 9.19. The summed E-state index contributed by atoms with van der Waals surface area (Å²) in [6.07, 6.45) is 6.47. The Morgan fingerprint density at radius 3 is 2.77 bits per heavy atom. The second-order valence-electron chi connectivity index (χ2n) is 9.19. The average molecular weight is 474 g/mol. The zero-order chi connectivity index (χ0) is 24.3. The van der Waals surface area contributed by atoms with Crippen molar-refractivity contribution in [1.29, 1.82) is 0 Å². The summed E-state index contributed by atoms with van der Waals surface area (Å²) in [5.74, 6) is -0.286. The van der Waals surface area contributed by atoms with Crippen LogP contribution in [0, 0.1) is 5.82 Å². The van der Waals surface area contributed by atoms with E-state index >= 15 is 0 Å². The van der Waals surface area contributed by atoms with Crippen molar-refractivity contribution in [1.82, 2.24) is 24.4 Å². The van der Waals surface area contributed by atoms with E-state index in [1.54, 1.807) is 17.0 Å². The number of aromatic nitrogens is 4. The lowest BCUT2D eigenvalue weighted by atomic mass is 9.98. The number of rotatable bonds is 4. The van der Waals surface area contributed by atoms with Gasteiger partial charge in [0.1, 0.15) is 5.82 Å². The highest BCUT2D eigenvalue weighted by molar-refractivity contribution is 6.05. The van der Waals surface area contributed by atoms with E-state index in [2.05, 4.69) is 15.0 Å². The first-order valence-corrected chi connectivity index (χ1v) is 11.9. The number of halogens is 1. The maximum absolute atomic E-state index is 13.7. The van der Waals surface area contributed by atoms with E-state index in [4.69, 9.17) is 0 Å². The molecule has 6 rings (SSSR count). The Hall–Kier alpha value is -4.01. The Kier molecular flexibility index (Phi) is 4.94. The number of nitrogens with one attached hydrogen (secondary N) is 2. The number of aryl methyl sites for hydroxylation is 1. The number of hydrogen-bond acceptors (Lipinski definition) is 4. The molecular formula is C26H24FN5O3. The molecule has 0 saturated heterocycles. The van der Waals surface area contributed by atoms with Crippen molar-refractivity contribution in [2.45, 2.75) is 38.6 Å². The SMILES string of the molecule is CCn1c(=O)[nH]c(=O)c2c(C(=O)N3CC=C(c4c[nH]c5cc(F)ccc45)CC3)cc(C3CC3)nc21. The van der Waals surface area contributed by atoms with Gasteiger partial charge in [-0.25, -0.2) is 14.2 Å². The maximum Gasteiger partial charge on any atom is 0.329 e. The lowest BCUT2D eigenvalue weighted by molar-refractivity contribution is 0.0774. The molecule has 1 saturated carbocycles. The molecule has 2 N–H and O–H groups in total. The van der Waals surface area contributed by atoms with Crippen molar-refractivity contribution in [2.24, 2.45) is 0 Å². The summed E-state index contributed by atoms with van der Waals surface area (Å²) < 4.78 is 15.0. The summed E-state index contributed by atoms with van der Waals surface area (Å²) in [6, 6.07) is 6.40. The van der Waals surface area contributed by atoms with E-state index in [0.717, 1.165) is 40.6 Å². The largest absolute Gasteiger partial charge is 0.360 e. The highest BCUT2D eigenvalue weighted by Gasteiger charge is 2.30. The van der Waals surface area contributed by atoms with Gasteiger partial charge in [-0.2, -0.15) is 0 Å². The number of pyridine rings is 1. The fourth-order valence-corrected chi connectivity index (χ4v) is 4.98. The van der Waals surface area contributed by atoms with E-state index in [1.807, 2.05) is 19.2 Å². The summed E-state index contributed by atoms with van der Waals surface area (Å²) >= 11 is 0. The number of hydrogen-bond donors (Lipinski definition) is 2. The van der Waals surface area contributed by atoms with Gasteiger partial charge in [0.15, 0.2) is 5.65 Å². The number of benzene rings is 1. The van der Waals surface area contributed by atoms with E-state index in [9.17, 15) is 18.8 Å². The van der Waals surface area contributed by atoms with E-state index in [0.29, 0.717) is 31.6 Å². The minimum absolute atomic E-state index is 0.161. The Labute approximate surface area is 199 Å². The summed E-state index contributed by atoms with van der Waals surface area (Å²) in [5.41, 5.74) is 3.03. The molecule has 1 fully saturated rings. The molecule has 4 aromatic rings. The molecule has 0 radical (unpaired) electrons. The molecule has 1 aliphatic heterocycles. The Morgan fingerprint density at radius 2 is 2.06 bits per heavy atom. The first-order valence-electron chi connectivity index (χ1n) is 11.9. The van der Waals surface area contributed by atoms with Crippen LogP contribution in [0.25, 0.3) is 27.5 Å². The minimum Gasteiger partial charge on any atom is -0.360 e. The average Bonchev–Trinajstić information content (AvgIpc) is 3.63. The topological polar surface area (TPSA) is 104 Å². The van der Waals surface area contributed by atoms with Gasteiger partial charge in [-0.15, -0.1) is 0 Å². The van der Waals surface area contributed by atoms with Crippen LogP contribution < -0.4 is 11.2 Å². The van der Waals surface area contributed by atoms with Crippen LogP contribution >= 0.6 is 0 Å². The van der Waals surface area contributed by atoms with Crippen molar-refractivity contribution in [3.05, 3.63) is 80.0 Å². The number of amides is 1. The van der Waals surface area contributed by atoms with Crippen molar-refractivity contribution < 1.29 is 9.18 Å². The molecule has 0 unspecified atom stereocenters. The molecule has 1 aliphatic carbocycles. The van der Waals surface area contributed by atoms with Crippen molar-refractivity contribution in [2.75, 3.05) is 13.1 Å². The summed E-state index contributed by atoms with van der Waals surface area (Å²) in [5, 5.41) is 1.10. The quantitative estimate of drug-likeness (QED) is 0.473. The molecule has 2 aliphatic rings. The normalized spacial score (nSPS) is 16.2. The maximum atomic E-state index is 13.7. The number of carbonyl (C=O) groups excluding carboxylic acids is 1. The number of fused-ring (bicyclic) bond motifs is 2. The van der Waals surface area contributed by atoms with E-state index in [1.165, 1.54) is 16.7 Å². The molecule has 178 valence electrons. The van der Waals surface area contributed by atoms with Crippen molar-refractivity contribution in [3.8, 4) is 0 Å². The van der Waals surface area contributed by atoms with Gasteiger partial charge in [0.05, 0.1) is 10.9 Å². The summed E-state index contributed by atoms with van der Waals surface area (Å²) in [6.45, 7) is 3.01. The van der Waals surface area contributed by atoms with E-state index < -0.39 is 11.2 Å². The number of H-pyrrole nitrogens is 2. The molecule has 9 heteroatoms. The Morgan fingerprint density at radius 1 is 1.23 bits per heavy atom. The molecule has 8 nitrogen and oxygen atoms in total. The molecule has 1 aromatic carbocycles. The minimum atomic E-state index is -0.591. The van der Waals surface area contributed by atoms with Crippen LogP contribution in [0.3, 0.4) is 0 Å². The van der Waals surface area contributed by atoms with Gasteiger partial charge in [0.2, 0.25) is 0 Å². The predicted octanol–water partition coefficient (Wildman–Crippen LogP) is 3.53. The molecule has 35 heavy (non-hydrogen) atoms. The third-order valence-electron chi connectivity index (χ3n) is 7.00. The van der Waals surface area contributed by atoms with Crippen LogP contribution in [0.1, 0.15) is 53.7 Å². The predicted molar refractivity (Wildman–Crippen MR) is 131 cm³/mol. The third kappa shape index (κ3) is 3.58. The van der Waals surface area contributed by atoms with Crippen LogP contribution in [0.4, 0.5) is 4.39 Å². The highest BCUT2D eigenvalue weighted by Crippen LogP contribution is 2.40. The Balaban J connectivity index is 1.38. The summed E-state index contributed by atoms with van der Waals surface area (Å²) in [4.78, 5) is 50.6. The lowest BCUT2D eigenvalue weighted by Gasteiger charge is -2.27. The van der Waals surface area contributed by atoms with Crippen LogP contribution in [0.15, 0.2) is 46.1 Å². The number of carbonyl (C=O) groups is 1. The van der Waals surface area contributed by atoms with Crippen LogP contribution in [0.2, 0.25) is 0 Å². The van der Waals surface area contributed by atoms with Crippen LogP contribution in [0.5, 0.6) is 0 Å². The first-order chi connectivity index (χ1) is 16.9. The van der Waals surface area contributed by atoms with E-state index in [-0.39, 0.29) is 28.7 Å². The van der Waals surface area contributed by atoms with Crippen LogP contribution in [-0.4, -0.2) is 43.4 Å². The van der Waals surface area contributed by atoms with Gasteiger partial charge in [-0.05, 0) is 56.0 Å². The third-order valence-corrected chi connectivity index (χ3v) is 7.00. The van der Waals surface area contributed by atoms with Gasteiger partial charge in [-0.3, -0.25) is 19.1 Å². The van der Waals surface area contributed by atoms with Crippen molar-refractivity contribution in [3.63, 3.8) is 0 Å². The fraction of sp³-hybridized carbons (Fsp3) is 0.308. The highest BCUT2D eigenvalue weighted by atomic mass is 19.1. The molecule has 4 heterocycles. The van der Waals surface area contributed by atoms with Gasteiger partial charge < -0.3 is 9.88 Å². The fourth-order valence-electron chi connectivity index (χ4n) is 4.98. The smallest absolute Gasteiger partial charge is 0.329 e. The zero-order valence-corrected chi connectivity index (χ0v) is 19.2. The molecule has 3 aromatic heterocycles. The Bertz CT molecular complexity index is 1660. The standard InChI is InChI=1S/C26H24FN5O3/c1-2-32-23-22(24(33)30-26(32)35)18(12-20(29-23)15-3-4-15)25(34)31-9-7-14(8-10-31)19-13-28-21-11-16(27)5-6-17(19)21/h5-7,11-13,15,28H,2-4,8-10H2,1H3,(H,30,33,35). The molecule has 0 bridgehead atoms. The van der Waals surface area contributed by atoms with Crippen molar-refractivity contribution >= 4 is 33.4 Å². The van der Waals surface area contributed by atoms with Gasteiger partial charge in [0, 0.05) is 53.9 Å². The number of aromatic amines is 2. The molecule has 1 amide bonds. The monoisotopic (exact) mass is 473 g/mol. The second kappa shape index (κ2) is 8.04.